The van der Waals surface area contributed by atoms with Gasteiger partial charge in [0.25, 0.3) is 5.92 Å². The number of alkyl halides is 4. The van der Waals surface area contributed by atoms with Crippen LogP contribution >= 0.6 is 0 Å². The van der Waals surface area contributed by atoms with Gasteiger partial charge in [0.05, 0.1) is 0 Å². The lowest BCUT2D eigenvalue weighted by Crippen LogP contribution is -2.43. The first kappa shape index (κ1) is 13.9. The molecule has 0 atom stereocenters. The van der Waals surface area contributed by atoms with Crippen LogP contribution < -0.4 is 0 Å². The number of halogens is 10. The third kappa shape index (κ3) is 1.80. The van der Waals surface area contributed by atoms with E-state index in [1.807, 2.05) is 0 Å². The monoisotopic (exact) mass is 273 g/mol. The van der Waals surface area contributed by atoms with Gasteiger partial charge in [-0.3, -0.25) is 0 Å². The van der Waals surface area contributed by atoms with E-state index < -0.39 is 41.8 Å². The van der Waals surface area contributed by atoms with Crippen LogP contribution in [0.15, 0.2) is 23.0 Å². The van der Waals surface area contributed by atoms with Crippen molar-refractivity contribution in [2.45, 2.75) is 11.8 Å². The Morgan fingerprint density at radius 3 is 1.35 bits per heavy atom. The van der Waals surface area contributed by atoms with Gasteiger partial charge in [-0.15, -0.1) is 0 Å². The van der Waals surface area contributed by atoms with Crippen molar-refractivity contribution >= 4 is 6.98 Å². The second-order valence-corrected chi connectivity index (χ2v) is 3.08. The zero-order chi connectivity index (χ0) is 13.8. The maximum absolute atomic E-state index is 12.6. The van der Waals surface area contributed by atoms with Crippen LogP contribution in [0, 0.1) is 0 Å². The van der Waals surface area contributed by atoms with E-state index in [2.05, 4.69) is 0 Å². The minimum Gasteiger partial charge on any atom is -0.445 e. The molecule has 0 aliphatic heterocycles. The van der Waals surface area contributed by atoms with Crippen LogP contribution in [0.25, 0.3) is 0 Å². The minimum atomic E-state index is -6.95. The maximum Gasteiger partial charge on any atom is 0.514 e. The Hall–Kier alpha value is -1.16. The summed E-state index contributed by atoms with van der Waals surface area (Å²) in [6.07, 6.45) is 0. The summed E-state index contributed by atoms with van der Waals surface area (Å²) in [7, 11) is 0. The van der Waals surface area contributed by atoms with Crippen molar-refractivity contribution in [1.29, 1.82) is 0 Å². The van der Waals surface area contributed by atoms with Crippen molar-refractivity contribution in [2.24, 2.45) is 0 Å². The molecule has 0 unspecified atom stereocenters. The van der Waals surface area contributed by atoms with Gasteiger partial charge in [0.1, 0.15) is 0 Å². The Bertz CT molecular complexity index is 413. The summed E-state index contributed by atoms with van der Waals surface area (Å²) < 4.78 is 123. The molecule has 0 saturated carbocycles. The van der Waals surface area contributed by atoms with Gasteiger partial charge in [-0.25, -0.2) is 13.2 Å². The Kier molecular flexibility index (Phi) is 2.80. The molecule has 0 N–H and O–H groups in total. The van der Waals surface area contributed by atoms with E-state index in [9.17, 15) is 43.7 Å². The molecule has 98 valence electrons. The topological polar surface area (TPSA) is 0 Å². The average molecular weight is 273 g/mol. The van der Waals surface area contributed by atoms with Crippen molar-refractivity contribution in [3.05, 3.63) is 23.0 Å². The molecule has 1 aliphatic rings. The standard InChI is InChI=1S/C6BF10/c8-2-1(7(15,16)17)5(11,12)3(9)4(10)6(2,13)14/q-1. The molecular formula is C6BF10-. The zero-order valence-electron chi connectivity index (χ0n) is 7.36. The highest BCUT2D eigenvalue weighted by Crippen LogP contribution is 2.53. The van der Waals surface area contributed by atoms with E-state index >= 15 is 0 Å². The van der Waals surface area contributed by atoms with Gasteiger partial charge >= 0.3 is 12.9 Å². The molecule has 0 aromatic heterocycles. The first-order valence-corrected chi connectivity index (χ1v) is 3.77. The van der Waals surface area contributed by atoms with E-state index in [1.54, 1.807) is 0 Å². The molecule has 11 heteroatoms. The molecule has 1 aliphatic carbocycles. The normalized spacial score (nSPS) is 24.4. The quantitative estimate of drug-likeness (QED) is 0.499. The smallest absolute Gasteiger partial charge is 0.445 e. The number of allylic oxidation sites excluding steroid dienone is 4. The molecule has 0 spiro atoms. The molecule has 0 radical (unpaired) electrons. The van der Waals surface area contributed by atoms with Crippen LogP contribution in [0.5, 0.6) is 0 Å². The molecule has 0 heterocycles. The SMILES string of the molecule is FC1=C(F)C(F)(F)C([B-](F)(F)F)=C(F)C1(F)F. The second-order valence-electron chi connectivity index (χ2n) is 3.08. The molecule has 0 aromatic rings. The summed E-state index contributed by atoms with van der Waals surface area (Å²) in [6, 6.07) is 0. The van der Waals surface area contributed by atoms with Crippen LogP contribution in [0.2, 0.25) is 0 Å². The van der Waals surface area contributed by atoms with E-state index in [1.165, 1.54) is 0 Å². The van der Waals surface area contributed by atoms with Crippen molar-refractivity contribution in [3.63, 3.8) is 0 Å². The molecule has 0 saturated heterocycles. The van der Waals surface area contributed by atoms with Gasteiger partial charge in [0.2, 0.25) is 11.7 Å². The fraction of sp³-hybridized carbons (Fsp3) is 0.333. The van der Waals surface area contributed by atoms with Gasteiger partial charge in [-0.05, 0) is 5.47 Å². The molecule has 0 aromatic carbocycles. The van der Waals surface area contributed by atoms with E-state index in [0.717, 1.165) is 0 Å². The van der Waals surface area contributed by atoms with Crippen LogP contribution in [0.1, 0.15) is 0 Å². The third-order valence-electron chi connectivity index (χ3n) is 1.92. The molecule has 0 bridgehead atoms. The Morgan fingerprint density at radius 2 is 1.00 bits per heavy atom. The van der Waals surface area contributed by atoms with Crippen molar-refractivity contribution < 1.29 is 43.7 Å². The van der Waals surface area contributed by atoms with E-state index in [-0.39, 0.29) is 0 Å². The van der Waals surface area contributed by atoms with Crippen LogP contribution in [0.4, 0.5) is 43.7 Å². The lowest BCUT2D eigenvalue weighted by molar-refractivity contribution is -0.0176. The summed E-state index contributed by atoms with van der Waals surface area (Å²) in [5, 5.41) is 0. The second kappa shape index (κ2) is 3.42. The fourth-order valence-electron chi connectivity index (χ4n) is 1.15. The highest BCUT2D eigenvalue weighted by molar-refractivity contribution is 6.67. The number of hydrogen-bond donors (Lipinski definition) is 0. The molecule has 0 amide bonds. The van der Waals surface area contributed by atoms with Gasteiger partial charge in [-0.1, -0.05) is 0 Å². The Labute approximate surface area is 86.6 Å². The minimum absolute atomic E-state index is 3.57. The Morgan fingerprint density at radius 1 is 0.647 bits per heavy atom. The van der Waals surface area contributed by atoms with Crippen molar-refractivity contribution in [3.8, 4) is 0 Å². The van der Waals surface area contributed by atoms with Crippen LogP contribution in [-0.4, -0.2) is 18.8 Å². The third-order valence-corrected chi connectivity index (χ3v) is 1.92. The maximum atomic E-state index is 12.6. The van der Waals surface area contributed by atoms with Gasteiger partial charge < -0.3 is 12.9 Å². The predicted molar refractivity (Wildman–Crippen MR) is 36.3 cm³/mol. The zero-order valence-corrected chi connectivity index (χ0v) is 7.36. The summed E-state index contributed by atoms with van der Waals surface area (Å²) in [6.45, 7) is -6.95. The van der Waals surface area contributed by atoms with Gasteiger partial charge in [0.15, 0.2) is 5.83 Å². The lowest BCUT2D eigenvalue weighted by Gasteiger charge is -2.33. The summed E-state index contributed by atoms with van der Waals surface area (Å²) >= 11 is 0. The van der Waals surface area contributed by atoms with Crippen LogP contribution in [0.3, 0.4) is 0 Å². The molecule has 17 heavy (non-hydrogen) atoms. The van der Waals surface area contributed by atoms with Gasteiger partial charge in [0, 0.05) is 0 Å². The first-order chi connectivity index (χ1) is 7.34. The fourth-order valence-corrected chi connectivity index (χ4v) is 1.15. The highest BCUT2D eigenvalue weighted by atomic mass is 19.4. The molecule has 0 fully saturated rings. The highest BCUT2D eigenvalue weighted by Gasteiger charge is 2.62. The summed E-state index contributed by atoms with van der Waals surface area (Å²) in [5.74, 6) is -22.4. The summed E-state index contributed by atoms with van der Waals surface area (Å²) in [5.41, 5.74) is -3.68. The largest absolute Gasteiger partial charge is 0.514 e. The first-order valence-electron chi connectivity index (χ1n) is 3.77. The van der Waals surface area contributed by atoms with E-state index in [4.69, 9.17) is 0 Å². The van der Waals surface area contributed by atoms with Crippen molar-refractivity contribution in [2.75, 3.05) is 0 Å². The number of rotatable bonds is 1. The molecule has 0 nitrogen and oxygen atoms in total. The van der Waals surface area contributed by atoms with Crippen LogP contribution in [-0.2, 0) is 0 Å². The Balaban J connectivity index is 3.63. The molecule has 1 rings (SSSR count). The number of hydrogen-bond acceptors (Lipinski definition) is 0. The van der Waals surface area contributed by atoms with Gasteiger partial charge in [-0.2, -0.15) is 17.6 Å². The lowest BCUT2D eigenvalue weighted by atomic mass is 9.71. The predicted octanol–water partition coefficient (Wildman–Crippen LogP) is 4.03. The average Bonchev–Trinajstić information content (AvgIpc) is 2.10. The summed E-state index contributed by atoms with van der Waals surface area (Å²) in [4.78, 5) is 0. The van der Waals surface area contributed by atoms with Crippen molar-refractivity contribution in [1.82, 2.24) is 0 Å². The molecular weight excluding hydrogens is 273 g/mol. The van der Waals surface area contributed by atoms with E-state index in [0.29, 0.717) is 0 Å².